The molecule has 0 aliphatic heterocycles. The molecule has 25 heavy (non-hydrogen) atoms. The van der Waals surface area contributed by atoms with E-state index in [1.807, 2.05) is 0 Å². The average molecular weight is 388 g/mol. The second-order valence-electron chi connectivity index (χ2n) is 6.27. The van der Waals surface area contributed by atoms with Crippen molar-refractivity contribution < 1.29 is 32.5 Å². The lowest BCUT2D eigenvalue weighted by Gasteiger charge is -2.20. The number of aliphatic hydroxyl groups is 3. The van der Waals surface area contributed by atoms with Crippen molar-refractivity contribution in [2.45, 2.75) is 76.7 Å². The summed E-state index contributed by atoms with van der Waals surface area (Å²) in [6, 6.07) is 0. The summed E-state index contributed by atoms with van der Waals surface area (Å²) in [6.45, 7) is 1.10. The summed E-state index contributed by atoms with van der Waals surface area (Å²) in [5.41, 5.74) is 3.94. The highest BCUT2D eigenvalue weighted by atomic mass is 32.3. The highest BCUT2D eigenvalue weighted by Crippen LogP contribution is 2.10. The molecule has 0 aliphatic carbocycles. The highest BCUT2D eigenvalue weighted by molar-refractivity contribution is 7.80. The second-order valence-corrected chi connectivity index (χ2v) is 7.36. The van der Waals surface area contributed by atoms with Crippen LogP contribution in [0.15, 0.2) is 0 Å². The summed E-state index contributed by atoms with van der Waals surface area (Å²) in [7, 11) is -4.23. The molecule has 0 aliphatic rings. The van der Waals surface area contributed by atoms with Crippen LogP contribution >= 0.6 is 0 Å². The lowest BCUT2D eigenvalue weighted by molar-refractivity contribution is 0.0697. The Bertz CT molecular complexity index is 364. The standard InChI is InChI=1S/C12H26O4S.C4H11NO3/c1-2-3-4-5-6-7-8-9-10-11-12-16-17(13,14)15;5-4(1-6,2-7)3-8/h2-12H2,1H3,(H,13,14,15);6-8H,1-3,5H2. The highest BCUT2D eigenvalue weighted by Gasteiger charge is 2.20. The summed E-state index contributed by atoms with van der Waals surface area (Å²) in [4.78, 5) is 0. The van der Waals surface area contributed by atoms with E-state index in [0.717, 1.165) is 12.8 Å². The molecule has 0 fully saturated rings. The smallest absolute Gasteiger partial charge is 0.394 e. The molecule has 0 unspecified atom stereocenters. The van der Waals surface area contributed by atoms with E-state index in [2.05, 4.69) is 11.1 Å². The Kier molecular flexibility index (Phi) is 18.5. The fourth-order valence-electron chi connectivity index (χ4n) is 1.90. The fourth-order valence-corrected chi connectivity index (χ4v) is 2.23. The quantitative estimate of drug-likeness (QED) is 0.209. The summed E-state index contributed by atoms with van der Waals surface area (Å²) in [5, 5.41) is 25.0. The van der Waals surface area contributed by atoms with Crippen LogP contribution in [0.3, 0.4) is 0 Å². The molecule has 0 saturated carbocycles. The van der Waals surface area contributed by atoms with Gasteiger partial charge in [0.1, 0.15) is 0 Å². The molecule has 0 heterocycles. The monoisotopic (exact) mass is 387 g/mol. The van der Waals surface area contributed by atoms with Crippen molar-refractivity contribution in [3.63, 3.8) is 0 Å². The van der Waals surface area contributed by atoms with Crippen LogP contribution in [-0.4, -0.2) is 60.3 Å². The van der Waals surface area contributed by atoms with Crippen molar-refractivity contribution in [3.8, 4) is 0 Å². The van der Waals surface area contributed by atoms with E-state index < -0.39 is 35.8 Å². The van der Waals surface area contributed by atoms with Crippen molar-refractivity contribution in [2.24, 2.45) is 5.73 Å². The molecule has 0 radical (unpaired) electrons. The van der Waals surface area contributed by atoms with E-state index in [0.29, 0.717) is 6.42 Å². The Hall–Kier alpha value is -0.290. The zero-order valence-corrected chi connectivity index (χ0v) is 16.2. The average Bonchev–Trinajstić information content (AvgIpc) is 2.58. The lowest BCUT2D eigenvalue weighted by atomic mass is 10.1. The minimum atomic E-state index is -4.23. The van der Waals surface area contributed by atoms with Gasteiger partial charge in [-0.1, -0.05) is 64.7 Å². The third-order valence-corrected chi connectivity index (χ3v) is 4.14. The van der Waals surface area contributed by atoms with Crippen molar-refractivity contribution in [1.29, 1.82) is 0 Å². The zero-order valence-electron chi connectivity index (χ0n) is 15.4. The van der Waals surface area contributed by atoms with Gasteiger partial charge in [0.2, 0.25) is 0 Å². The van der Waals surface area contributed by atoms with Gasteiger partial charge in [-0.05, 0) is 6.42 Å². The number of nitrogens with two attached hydrogens (primary N) is 1. The largest absolute Gasteiger partial charge is 0.397 e. The van der Waals surface area contributed by atoms with Crippen LogP contribution < -0.4 is 5.73 Å². The van der Waals surface area contributed by atoms with E-state index in [4.69, 9.17) is 25.6 Å². The Morgan fingerprint density at radius 3 is 1.44 bits per heavy atom. The topological polar surface area (TPSA) is 150 Å². The molecule has 0 aromatic heterocycles. The van der Waals surface area contributed by atoms with Crippen molar-refractivity contribution in [2.75, 3.05) is 26.4 Å². The van der Waals surface area contributed by atoms with Gasteiger partial charge in [0.05, 0.1) is 32.0 Å². The van der Waals surface area contributed by atoms with Crippen LogP contribution in [0, 0.1) is 0 Å². The molecule has 0 atom stereocenters. The maximum Gasteiger partial charge on any atom is 0.397 e. The molecule has 0 aromatic carbocycles. The summed E-state index contributed by atoms with van der Waals surface area (Å²) >= 11 is 0. The number of unbranched alkanes of at least 4 members (excludes halogenated alkanes) is 9. The maximum absolute atomic E-state index is 10.2. The first-order chi connectivity index (χ1) is 11.7. The number of aliphatic hydroxyl groups excluding tert-OH is 3. The first-order valence-corrected chi connectivity index (χ1v) is 10.3. The van der Waals surface area contributed by atoms with Crippen LogP contribution in [0.4, 0.5) is 0 Å². The van der Waals surface area contributed by atoms with Crippen LogP contribution in [0.1, 0.15) is 71.1 Å². The predicted molar refractivity (Wildman–Crippen MR) is 97.5 cm³/mol. The zero-order chi connectivity index (χ0) is 19.6. The van der Waals surface area contributed by atoms with Crippen LogP contribution in [0.2, 0.25) is 0 Å². The summed E-state index contributed by atoms with van der Waals surface area (Å²) in [6.07, 6.45) is 11.9. The van der Waals surface area contributed by atoms with Gasteiger partial charge in [0, 0.05) is 0 Å². The number of hydrogen-bond donors (Lipinski definition) is 5. The Balaban J connectivity index is 0. The molecule has 6 N–H and O–H groups in total. The molecular formula is C16H37NO7S. The molecule has 0 spiro atoms. The molecule has 0 amide bonds. The predicted octanol–water partition coefficient (Wildman–Crippen LogP) is 1.39. The normalized spacial score (nSPS) is 11.9. The summed E-state index contributed by atoms with van der Waals surface area (Å²) in [5.74, 6) is 0. The van der Waals surface area contributed by atoms with Gasteiger partial charge in [0.25, 0.3) is 0 Å². The van der Waals surface area contributed by atoms with E-state index in [1.54, 1.807) is 0 Å². The van der Waals surface area contributed by atoms with Crippen molar-refractivity contribution in [3.05, 3.63) is 0 Å². The Morgan fingerprint density at radius 1 is 0.800 bits per heavy atom. The molecule has 9 heteroatoms. The molecule has 0 bridgehead atoms. The SMILES string of the molecule is CCCCCCCCCCCCOS(=O)(=O)O.NC(CO)(CO)CO. The third-order valence-electron chi connectivity index (χ3n) is 3.67. The van der Waals surface area contributed by atoms with E-state index in [1.165, 1.54) is 44.9 Å². The first kappa shape index (κ1) is 26.9. The van der Waals surface area contributed by atoms with Crippen LogP contribution in [-0.2, 0) is 14.6 Å². The number of hydrogen-bond acceptors (Lipinski definition) is 7. The van der Waals surface area contributed by atoms with Crippen molar-refractivity contribution >= 4 is 10.4 Å². The van der Waals surface area contributed by atoms with Gasteiger partial charge in [-0.15, -0.1) is 0 Å². The van der Waals surface area contributed by atoms with E-state index >= 15 is 0 Å². The molecule has 8 nitrogen and oxygen atoms in total. The van der Waals surface area contributed by atoms with Gasteiger partial charge in [-0.3, -0.25) is 4.55 Å². The summed E-state index contributed by atoms with van der Waals surface area (Å²) < 4.78 is 33.0. The maximum atomic E-state index is 10.2. The molecule has 0 rings (SSSR count). The number of rotatable bonds is 15. The Morgan fingerprint density at radius 2 is 1.16 bits per heavy atom. The molecule has 0 saturated heterocycles. The lowest BCUT2D eigenvalue weighted by Crippen LogP contribution is -2.50. The molecular weight excluding hydrogens is 350 g/mol. The van der Waals surface area contributed by atoms with Crippen LogP contribution in [0.5, 0.6) is 0 Å². The van der Waals surface area contributed by atoms with E-state index in [9.17, 15) is 8.42 Å². The van der Waals surface area contributed by atoms with Gasteiger partial charge in [0.15, 0.2) is 0 Å². The van der Waals surface area contributed by atoms with Gasteiger partial charge < -0.3 is 21.1 Å². The minimum absolute atomic E-state index is 0.0926. The van der Waals surface area contributed by atoms with Gasteiger partial charge in [-0.25, -0.2) is 4.18 Å². The first-order valence-electron chi connectivity index (χ1n) is 8.98. The molecule has 0 aromatic rings. The van der Waals surface area contributed by atoms with Gasteiger partial charge in [-0.2, -0.15) is 8.42 Å². The fraction of sp³-hybridized carbons (Fsp3) is 1.00. The second kappa shape index (κ2) is 17.1. The minimum Gasteiger partial charge on any atom is -0.394 e. The van der Waals surface area contributed by atoms with Gasteiger partial charge >= 0.3 is 10.4 Å². The Labute approximate surface area is 152 Å². The van der Waals surface area contributed by atoms with Crippen LogP contribution in [0.25, 0.3) is 0 Å². The van der Waals surface area contributed by atoms with E-state index in [-0.39, 0.29) is 6.61 Å². The molecule has 154 valence electrons. The van der Waals surface area contributed by atoms with Crippen molar-refractivity contribution in [1.82, 2.24) is 0 Å². The third kappa shape index (κ3) is 21.7.